The van der Waals surface area contributed by atoms with E-state index in [1.165, 1.54) is 11.1 Å². The van der Waals surface area contributed by atoms with Crippen LogP contribution in [0.1, 0.15) is 43.8 Å². The van der Waals surface area contributed by atoms with Crippen molar-refractivity contribution in [2.45, 2.75) is 40.7 Å². The van der Waals surface area contributed by atoms with E-state index in [1.54, 1.807) is 0 Å². The smallest absolute Gasteiger partial charge is 0.173 e. The topological polar surface area (TPSA) is 55.6 Å². The molecule has 0 fully saturated rings. The van der Waals surface area contributed by atoms with Gasteiger partial charge in [-0.15, -0.1) is 5.10 Å². The van der Waals surface area contributed by atoms with Crippen LogP contribution in [0.25, 0.3) is 5.69 Å². The van der Waals surface area contributed by atoms with Gasteiger partial charge in [-0.05, 0) is 66.9 Å². The van der Waals surface area contributed by atoms with Crippen molar-refractivity contribution < 1.29 is 0 Å². The van der Waals surface area contributed by atoms with Crippen molar-refractivity contribution in [2.24, 2.45) is 5.92 Å². The highest BCUT2D eigenvalue weighted by Gasteiger charge is 2.15. The summed E-state index contributed by atoms with van der Waals surface area (Å²) in [5.41, 5.74) is 3.52. The summed E-state index contributed by atoms with van der Waals surface area (Å²) in [5.74, 6) is 1.44. The summed E-state index contributed by atoms with van der Waals surface area (Å²) in [6, 6.07) is 6.39. The van der Waals surface area contributed by atoms with Crippen molar-refractivity contribution >= 4 is 0 Å². The molecule has 0 saturated carbocycles. The maximum absolute atomic E-state index is 4.16. The number of rotatable bonds is 5. The predicted molar refractivity (Wildman–Crippen MR) is 79.9 cm³/mol. The van der Waals surface area contributed by atoms with E-state index in [1.807, 2.05) is 4.68 Å². The molecule has 5 nitrogen and oxygen atoms in total. The highest BCUT2D eigenvalue weighted by molar-refractivity contribution is 5.39. The number of hydrogen-bond acceptors (Lipinski definition) is 4. The molecule has 108 valence electrons. The molecule has 0 aliphatic heterocycles. The van der Waals surface area contributed by atoms with E-state index >= 15 is 0 Å². The van der Waals surface area contributed by atoms with Gasteiger partial charge in [-0.25, -0.2) is 0 Å². The minimum atomic E-state index is 0.119. The maximum Gasteiger partial charge on any atom is 0.173 e. The lowest BCUT2D eigenvalue weighted by atomic mass is 10.1. The summed E-state index contributed by atoms with van der Waals surface area (Å²) >= 11 is 0. The summed E-state index contributed by atoms with van der Waals surface area (Å²) in [4.78, 5) is 0. The van der Waals surface area contributed by atoms with Gasteiger partial charge in [0, 0.05) is 0 Å². The molecule has 0 aliphatic carbocycles. The maximum atomic E-state index is 4.16. The number of hydrogen-bond donors (Lipinski definition) is 1. The monoisotopic (exact) mass is 273 g/mol. The van der Waals surface area contributed by atoms with Crippen molar-refractivity contribution in [1.82, 2.24) is 25.5 Å². The zero-order valence-corrected chi connectivity index (χ0v) is 12.9. The Kier molecular flexibility index (Phi) is 4.49. The quantitative estimate of drug-likeness (QED) is 0.909. The molecule has 2 rings (SSSR count). The van der Waals surface area contributed by atoms with Gasteiger partial charge in [-0.3, -0.25) is 0 Å². The van der Waals surface area contributed by atoms with Crippen molar-refractivity contribution in [3.63, 3.8) is 0 Å². The van der Waals surface area contributed by atoms with Gasteiger partial charge in [-0.1, -0.05) is 19.9 Å². The lowest BCUT2D eigenvalue weighted by Crippen LogP contribution is -2.25. The van der Waals surface area contributed by atoms with E-state index in [-0.39, 0.29) is 6.04 Å². The average molecular weight is 273 g/mol. The van der Waals surface area contributed by atoms with Crippen LogP contribution < -0.4 is 5.32 Å². The van der Waals surface area contributed by atoms with E-state index in [2.05, 4.69) is 73.7 Å². The van der Waals surface area contributed by atoms with Gasteiger partial charge in [0.05, 0.1) is 11.7 Å². The van der Waals surface area contributed by atoms with Gasteiger partial charge < -0.3 is 5.32 Å². The van der Waals surface area contributed by atoms with Crippen LogP contribution in [0, 0.1) is 19.8 Å². The third kappa shape index (κ3) is 3.22. The minimum absolute atomic E-state index is 0.119. The molecular formula is C15H23N5. The van der Waals surface area contributed by atoms with Gasteiger partial charge in [0.15, 0.2) is 5.82 Å². The van der Waals surface area contributed by atoms with Gasteiger partial charge in [0.2, 0.25) is 0 Å². The molecule has 1 atom stereocenters. The highest BCUT2D eigenvalue weighted by atomic mass is 15.5. The van der Waals surface area contributed by atoms with Crippen LogP contribution in [-0.2, 0) is 0 Å². The Morgan fingerprint density at radius 2 is 1.90 bits per heavy atom. The number of nitrogens with zero attached hydrogens (tertiary/aromatic N) is 4. The molecule has 1 N–H and O–H groups in total. The SMILES string of the molecule is Cc1ccc(-n2nnnc2C(C)NCC(C)C)cc1C. The number of benzene rings is 1. The summed E-state index contributed by atoms with van der Waals surface area (Å²) < 4.78 is 1.81. The van der Waals surface area contributed by atoms with Crippen molar-refractivity contribution in [3.05, 3.63) is 35.2 Å². The zero-order valence-electron chi connectivity index (χ0n) is 12.9. The molecule has 0 bridgehead atoms. The second-order valence-corrected chi connectivity index (χ2v) is 5.74. The first-order valence-electron chi connectivity index (χ1n) is 7.08. The molecule has 1 heterocycles. The summed E-state index contributed by atoms with van der Waals surface area (Å²) in [5, 5.41) is 15.6. The standard InChI is InChI=1S/C15H23N5/c1-10(2)9-16-13(5)15-17-18-19-20(15)14-7-6-11(3)12(4)8-14/h6-8,10,13,16H,9H2,1-5H3. The zero-order chi connectivity index (χ0) is 14.7. The second kappa shape index (κ2) is 6.13. The Balaban J connectivity index is 2.25. The number of aromatic nitrogens is 4. The van der Waals surface area contributed by atoms with Gasteiger partial charge in [0.1, 0.15) is 0 Å². The van der Waals surface area contributed by atoms with Crippen molar-refractivity contribution in [2.75, 3.05) is 6.54 Å². The normalized spacial score (nSPS) is 12.9. The lowest BCUT2D eigenvalue weighted by Gasteiger charge is -2.15. The van der Waals surface area contributed by atoms with E-state index in [0.29, 0.717) is 5.92 Å². The van der Waals surface area contributed by atoms with E-state index in [4.69, 9.17) is 0 Å². The fourth-order valence-electron chi connectivity index (χ4n) is 2.01. The lowest BCUT2D eigenvalue weighted by molar-refractivity contribution is 0.475. The number of aryl methyl sites for hydroxylation is 2. The molecular weight excluding hydrogens is 250 g/mol. The fourth-order valence-corrected chi connectivity index (χ4v) is 2.01. The number of nitrogens with one attached hydrogen (secondary N) is 1. The first kappa shape index (κ1) is 14.7. The Morgan fingerprint density at radius 3 is 2.55 bits per heavy atom. The molecule has 1 unspecified atom stereocenters. The van der Waals surface area contributed by atoms with Gasteiger partial charge in [0.25, 0.3) is 0 Å². The first-order valence-corrected chi connectivity index (χ1v) is 7.08. The van der Waals surface area contributed by atoms with Crippen LogP contribution in [-0.4, -0.2) is 26.8 Å². The molecule has 2 aromatic rings. The average Bonchev–Trinajstić information content (AvgIpc) is 2.88. The molecule has 0 radical (unpaired) electrons. The first-order chi connectivity index (χ1) is 9.49. The van der Waals surface area contributed by atoms with Crippen molar-refractivity contribution in [1.29, 1.82) is 0 Å². The predicted octanol–water partition coefficient (Wildman–Crippen LogP) is 2.59. The molecule has 5 heteroatoms. The molecule has 0 aliphatic rings. The van der Waals surface area contributed by atoms with Crippen LogP contribution >= 0.6 is 0 Å². The third-order valence-corrected chi connectivity index (χ3v) is 3.45. The summed E-state index contributed by atoms with van der Waals surface area (Å²) in [6.45, 7) is 11.6. The Morgan fingerprint density at radius 1 is 1.15 bits per heavy atom. The largest absolute Gasteiger partial charge is 0.307 e. The van der Waals surface area contributed by atoms with Gasteiger partial charge >= 0.3 is 0 Å². The Labute approximate surface area is 120 Å². The summed E-state index contributed by atoms with van der Waals surface area (Å²) in [6.07, 6.45) is 0. The molecule has 1 aromatic heterocycles. The molecule has 1 aromatic carbocycles. The summed E-state index contributed by atoms with van der Waals surface area (Å²) in [7, 11) is 0. The van der Waals surface area contributed by atoms with Crippen LogP contribution in [0.2, 0.25) is 0 Å². The number of tetrazole rings is 1. The third-order valence-electron chi connectivity index (χ3n) is 3.45. The van der Waals surface area contributed by atoms with Crippen LogP contribution in [0.4, 0.5) is 0 Å². The second-order valence-electron chi connectivity index (χ2n) is 5.74. The van der Waals surface area contributed by atoms with E-state index < -0.39 is 0 Å². The van der Waals surface area contributed by atoms with Crippen LogP contribution in [0.5, 0.6) is 0 Å². The van der Waals surface area contributed by atoms with Crippen LogP contribution in [0.3, 0.4) is 0 Å². The van der Waals surface area contributed by atoms with Gasteiger partial charge in [-0.2, -0.15) is 4.68 Å². The molecule has 20 heavy (non-hydrogen) atoms. The highest BCUT2D eigenvalue weighted by Crippen LogP contribution is 2.17. The molecule has 0 amide bonds. The Hall–Kier alpha value is -1.75. The Bertz CT molecular complexity index is 573. The molecule has 0 saturated heterocycles. The van der Waals surface area contributed by atoms with E-state index in [0.717, 1.165) is 18.1 Å². The molecule has 0 spiro atoms. The van der Waals surface area contributed by atoms with Crippen LogP contribution in [0.15, 0.2) is 18.2 Å². The van der Waals surface area contributed by atoms with E-state index in [9.17, 15) is 0 Å². The van der Waals surface area contributed by atoms with Crippen molar-refractivity contribution in [3.8, 4) is 5.69 Å². The fraction of sp³-hybridized carbons (Fsp3) is 0.533. The minimum Gasteiger partial charge on any atom is -0.307 e.